The van der Waals surface area contributed by atoms with Crippen molar-refractivity contribution in [1.82, 2.24) is 4.98 Å². The van der Waals surface area contributed by atoms with Gasteiger partial charge in [-0.3, -0.25) is 4.98 Å². The van der Waals surface area contributed by atoms with Crippen LogP contribution in [0.25, 0.3) is 10.8 Å². The van der Waals surface area contributed by atoms with Crippen LogP contribution in [0.15, 0.2) is 30.6 Å². The second-order valence-electron chi connectivity index (χ2n) is 6.17. The molecule has 1 saturated heterocycles. The minimum atomic E-state index is 0.513. The van der Waals surface area contributed by atoms with Gasteiger partial charge < -0.3 is 9.47 Å². The van der Waals surface area contributed by atoms with E-state index in [0.717, 1.165) is 38.4 Å². The van der Waals surface area contributed by atoms with E-state index in [2.05, 4.69) is 37.0 Å². The van der Waals surface area contributed by atoms with Crippen molar-refractivity contribution in [1.29, 1.82) is 0 Å². The molecule has 0 unspecified atom stereocenters. The maximum absolute atomic E-state index is 5.94. The lowest BCUT2D eigenvalue weighted by Crippen LogP contribution is -2.14. The quantitative estimate of drug-likeness (QED) is 0.845. The van der Waals surface area contributed by atoms with Crippen LogP contribution < -0.4 is 4.74 Å². The summed E-state index contributed by atoms with van der Waals surface area (Å²) in [5, 5.41) is 2.40. The van der Waals surface area contributed by atoms with Gasteiger partial charge in [0.25, 0.3) is 0 Å². The first-order valence-electron chi connectivity index (χ1n) is 7.83. The van der Waals surface area contributed by atoms with E-state index in [1.54, 1.807) is 0 Å². The van der Waals surface area contributed by atoms with Gasteiger partial charge in [0, 0.05) is 30.2 Å². The summed E-state index contributed by atoms with van der Waals surface area (Å²) >= 11 is 0. The average molecular weight is 285 g/mol. The zero-order valence-corrected chi connectivity index (χ0v) is 12.8. The van der Waals surface area contributed by atoms with Crippen LogP contribution in [0, 0.1) is 5.92 Å². The second kappa shape index (κ2) is 6.44. The molecule has 0 amide bonds. The van der Waals surface area contributed by atoms with Crippen molar-refractivity contribution in [3.8, 4) is 5.75 Å². The molecule has 0 radical (unpaired) electrons. The molecule has 0 atom stereocenters. The minimum Gasteiger partial charge on any atom is -0.491 e. The number of rotatable bonds is 4. The van der Waals surface area contributed by atoms with Gasteiger partial charge in [-0.1, -0.05) is 32.0 Å². The third-order valence-corrected chi connectivity index (χ3v) is 4.03. The number of hydrogen-bond donors (Lipinski definition) is 0. The molecule has 0 saturated carbocycles. The highest BCUT2D eigenvalue weighted by molar-refractivity contribution is 5.90. The monoisotopic (exact) mass is 285 g/mol. The number of ether oxygens (including phenoxy) is 2. The molecule has 3 heteroatoms. The van der Waals surface area contributed by atoms with Crippen LogP contribution in [0.5, 0.6) is 5.75 Å². The number of benzene rings is 1. The molecular formula is C18H23NO2. The molecule has 1 aromatic carbocycles. The largest absolute Gasteiger partial charge is 0.491 e. The van der Waals surface area contributed by atoms with E-state index in [1.807, 2.05) is 12.4 Å². The van der Waals surface area contributed by atoms with E-state index in [-0.39, 0.29) is 0 Å². The zero-order chi connectivity index (χ0) is 14.7. The Labute approximate surface area is 126 Å². The third kappa shape index (κ3) is 3.18. The Morgan fingerprint density at radius 3 is 2.76 bits per heavy atom. The first-order valence-corrected chi connectivity index (χ1v) is 7.83. The molecule has 2 heterocycles. The van der Waals surface area contributed by atoms with Gasteiger partial charge in [-0.25, -0.2) is 0 Å². The highest BCUT2D eigenvalue weighted by atomic mass is 16.5. The molecule has 1 aliphatic rings. The van der Waals surface area contributed by atoms with Gasteiger partial charge in [-0.05, 0) is 30.2 Å². The van der Waals surface area contributed by atoms with Crippen LogP contribution in [-0.4, -0.2) is 24.8 Å². The van der Waals surface area contributed by atoms with Crippen LogP contribution in [-0.2, 0) is 4.74 Å². The predicted octanol–water partition coefficient (Wildman–Crippen LogP) is 4.16. The van der Waals surface area contributed by atoms with Crippen molar-refractivity contribution in [3.05, 3.63) is 36.2 Å². The topological polar surface area (TPSA) is 31.4 Å². The highest BCUT2D eigenvalue weighted by Crippen LogP contribution is 2.35. The van der Waals surface area contributed by atoms with Gasteiger partial charge in [0.1, 0.15) is 5.75 Å². The van der Waals surface area contributed by atoms with E-state index >= 15 is 0 Å². The van der Waals surface area contributed by atoms with Gasteiger partial charge in [0.05, 0.1) is 12.8 Å². The SMILES string of the molecule is CC(C)COc1cncc2c(C3CCOCC3)cccc12. The van der Waals surface area contributed by atoms with Crippen LogP contribution in [0.3, 0.4) is 0 Å². The molecule has 21 heavy (non-hydrogen) atoms. The molecular weight excluding hydrogens is 262 g/mol. The van der Waals surface area contributed by atoms with Crippen molar-refractivity contribution in [2.24, 2.45) is 5.92 Å². The lowest BCUT2D eigenvalue weighted by Gasteiger charge is -2.24. The lowest BCUT2D eigenvalue weighted by atomic mass is 9.88. The lowest BCUT2D eigenvalue weighted by molar-refractivity contribution is 0.0856. The van der Waals surface area contributed by atoms with Gasteiger partial charge in [0.15, 0.2) is 0 Å². The molecule has 3 rings (SSSR count). The molecule has 0 spiro atoms. The van der Waals surface area contributed by atoms with Crippen LogP contribution >= 0.6 is 0 Å². The summed E-state index contributed by atoms with van der Waals surface area (Å²) in [4.78, 5) is 4.39. The Hall–Kier alpha value is -1.61. The number of aromatic nitrogens is 1. The third-order valence-electron chi connectivity index (χ3n) is 4.03. The van der Waals surface area contributed by atoms with Crippen molar-refractivity contribution in [2.75, 3.05) is 19.8 Å². The molecule has 2 aromatic rings. The van der Waals surface area contributed by atoms with E-state index < -0.39 is 0 Å². The van der Waals surface area contributed by atoms with Crippen molar-refractivity contribution < 1.29 is 9.47 Å². The van der Waals surface area contributed by atoms with Gasteiger partial charge >= 0.3 is 0 Å². The Kier molecular flexibility index (Phi) is 4.39. The first kappa shape index (κ1) is 14.3. The molecule has 1 fully saturated rings. The summed E-state index contributed by atoms with van der Waals surface area (Å²) in [7, 11) is 0. The molecule has 0 bridgehead atoms. The van der Waals surface area contributed by atoms with Crippen molar-refractivity contribution >= 4 is 10.8 Å². The molecule has 0 aliphatic carbocycles. The smallest absolute Gasteiger partial charge is 0.145 e. The second-order valence-corrected chi connectivity index (χ2v) is 6.17. The molecule has 112 valence electrons. The van der Waals surface area contributed by atoms with Crippen LogP contribution in [0.4, 0.5) is 0 Å². The first-order chi connectivity index (χ1) is 10.3. The van der Waals surface area contributed by atoms with Crippen molar-refractivity contribution in [2.45, 2.75) is 32.6 Å². The predicted molar refractivity (Wildman–Crippen MR) is 84.9 cm³/mol. The number of nitrogens with zero attached hydrogens (tertiary/aromatic N) is 1. The molecule has 1 aliphatic heterocycles. The number of pyridine rings is 1. The molecule has 0 N–H and O–H groups in total. The number of hydrogen-bond acceptors (Lipinski definition) is 3. The molecule has 3 nitrogen and oxygen atoms in total. The maximum atomic E-state index is 5.94. The van der Waals surface area contributed by atoms with E-state index in [1.165, 1.54) is 16.3 Å². The number of fused-ring (bicyclic) bond motifs is 1. The van der Waals surface area contributed by atoms with E-state index in [0.29, 0.717) is 11.8 Å². The highest BCUT2D eigenvalue weighted by Gasteiger charge is 2.19. The normalized spacial score (nSPS) is 16.5. The minimum absolute atomic E-state index is 0.513. The van der Waals surface area contributed by atoms with E-state index in [9.17, 15) is 0 Å². The maximum Gasteiger partial charge on any atom is 0.145 e. The Morgan fingerprint density at radius 1 is 1.19 bits per heavy atom. The van der Waals surface area contributed by atoms with Gasteiger partial charge in [-0.15, -0.1) is 0 Å². The van der Waals surface area contributed by atoms with Gasteiger partial charge in [0.2, 0.25) is 0 Å². The zero-order valence-electron chi connectivity index (χ0n) is 12.8. The summed E-state index contributed by atoms with van der Waals surface area (Å²) in [5.74, 6) is 1.98. The summed E-state index contributed by atoms with van der Waals surface area (Å²) < 4.78 is 11.4. The summed E-state index contributed by atoms with van der Waals surface area (Å²) in [6.07, 6.45) is 5.99. The Balaban J connectivity index is 1.97. The Morgan fingerprint density at radius 2 is 2.00 bits per heavy atom. The fourth-order valence-corrected chi connectivity index (χ4v) is 2.93. The molecule has 1 aromatic heterocycles. The van der Waals surface area contributed by atoms with E-state index in [4.69, 9.17) is 9.47 Å². The Bertz CT molecular complexity index is 603. The summed E-state index contributed by atoms with van der Waals surface area (Å²) in [6.45, 7) is 6.76. The fraction of sp³-hybridized carbons (Fsp3) is 0.500. The van der Waals surface area contributed by atoms with Gasteiger partial charge in [-0.2, -0.15) is 0 Å². The summed E-state index contributed by atoms with van der Waals surface area (Å²) in [6, 6.07) is 6.50. The fourth-order valence-electron chi connectivity index (χ4n) is 2.93. The van der Waals surface area contributed by atoms with Crippen LogP contribution in [0.1, 0.15) is 38.2 Å². The standard InChI is InChI=1S/C18H23NO2/c1-13(2)12-21-18-11-19-10-17-15(4-3-5-16(17)18)14-6-8-20-9-7-14/h3-5,10-11,13-14H,6-9,12H2,1-2H3. The summed E-state index contributed by atoms with van der Waals surface area (Å²) in [5.41, 5.74) is 1.39. The average Bonchev–Trinajstić information content (AvgIpc) is 2.53. The van der Waals surface area contributed by atoms with Crippen LogP contribution in [0.2, 0.25) is 0 Å². The van der Waals surface area contributed by atoms with Crippen molar-refractivity contribution in [3.63, 3.8) is 0 Å².